The van der Waals surface area contributed by atoms with Crippen LogP contribution in [0.2, 0.25) is 0 Å². The number of ether oxygens (including phenoxy) is 1. The summed E-state index contributed by atoms with van der Waals surface area (Å²) in [5, 5.41) is 12.7. The van der Waals surface area contributed by atoms with Gasteiger partial charge in [-0.2, -0.15) is 4.98 Å². The molecule has 1 aliphatic rings. The molecule has 0 bridgehead atoms. The summed E-state index contributed by atoms with van der Waals surface area (Å²) in [6, 6.07) is 0. The van der Waals surface area contributed by atoms with E-state index in [1.165, 1.54) is 11.8 Å². The number of carboxylic acid groups (broad SMARTS) is 1. The van der Waals surface area contributed by atoms with Crippen molar-refractivity contribution in [1.29, 1.82) is 0 Å². The molecule has 0 unspecified atom stereocenters. The molecule has 21 heavy (non-hydrogen) atoms. The minimum atomic E-state index is -0.845. The van der Waals surface area contributed by atoms with Crippen molar-refractivity contribution in [3.8, 4) is 0 Å². The average Bonchev–Trinajstić information content (AvgIpc) is 2.88. The maximum Gasteiger partial charge on any atom is 0.313 e. The van der Waals surface area contributed by atoms with E-state index in [1.54, 1.807) is 7.11 Å². The molecule has 1 heterocycles. The van der Waals surface area contributed by atoms with Gasteiger partial charge in [0, 0.05) is 7.11 Å². The first-order valence-electron chi connectivity index (χ1n) is 7.05. The van der Waals surface area contributed by atoms with E-state index in [0.717, 1.165) is 25.7 Å². The van der Waals surface area contributed by atoms with E-state index < -0.39 is 11.6 Å². The number of carbonyl (C=O) groups is 1. The van der Waals surface area contributed by atoms with E-state index >= 15 is 0 Å². The molecule has 1 aromatic heterocycles. The third-order valence-electron chi connectivity index (χ3n) is 4.13. The van der Waals surface area contributed by atoms with Crippen LogP contribution in [0.4, 0.5) is 0 Å². The van der Waals surface area contributed by atoms with Crippen LogP contribution >= 0.6 is 11.8 Å². The molecular formula is C14H22N2O4S. The molecule has 6 nitrogen and oxygen atoms in total. The largest absolute Gasteiger partial charge is 0.481 e. The molecule has 0 aliphatic heterocycles. The number of hydrogen-bond acceptors (Lipinski definition) is 6. The van der Waals surface area contributed by atoms with Gasteiger partial charge in [-0.15, -0.1) is 11.8 Å². The Morgan fingerprint density at radius 3 is 2.62 bits per heavy atom. The highest BCUT2D eigenvalue weighted by molar-refractivity contribution is 7.99. The lowest BCUT2D eigenvalue weighted by molar-refractivity contribution is -0.133. The maximum absolute atomic E-state index is 10.5. The fourth-order valence-corrected chi connectivity index (χ4v) is 3.14. The average molecular weight is 314 g/mol. The van der Waals surface area contributed by atoms with Gasteiger partial charge in [-0.1, -0.05) is 19.0 Å². The SMILES string of the molecule is COC1(c2noc(CSCC(=O)O)n2)CCC(C)(C)CC1. The topological polar surface area (TPSA) is 85.5 Å². The molecule has 0 aromatic carbocycles. The molecule has 0 saturated heterocycles. The highest BCUT2D eigenvalue weighted by Crippen LogP contribution is 2.46. The molecule has 7 heteroatoms. The van der Waals surface area contributed by atoms with Crippen molar-refractivity contribution in [1.82, 2.24) is 10.1 Å². The molecule has 1 aromatic rings. The zero-order valence-corrected chi connectivity index (χ0v) is 13.5. The van der Waals surface area contributed by atoms with Gasteiger partial charge in [0.05, 0.1) is 11.5 Å². The van der Waals surface area contributed by atoms with Gasteiger partial charge in [-0.05, 0) is 31.1 Å². The van der Waals surface area contributed by atoms with Gasteiger partial charge in [0.2, 0.25) is 11.7 Å². The van der Waals surface area contributed by atoms with Crippen molar-refractivity contribution < 1.29 is 19.2 Å². The summed E-state index contributed by atoms with van der Waals surface area (Å²) < 4.78 is 11.0. The van der Waals surface area contributed by atoms with E-state index in [1.807, 2.05) is 0 Å². The van der Waals surface area contributed by atoms with E-state index in [0.29, 0.717) is 22.9 Å². The van der Waals surface area contributed by atoms with Crippen LogP contribution in [-0.2, 0) is 20.9 Å². The Morgan fingerprint density at radius 2 is 2.05 bits per heavy atom. The van der Waals surface area contributed by atoms with Gasteiger partial charge < -0.3 is 14.4 Å². The molecule has 2 rings (SSSR count). The lowest BCUT2D eigenvalue weighted by atomic mass is 9.70. The van der Waals surface area contributed by atoms with Crippen molar-refractivity contribution in [3.05, 3.63) is 11.7 Å². The molecule has 1 aliphatic carbocycles. The number of aromatic nitrogens is 2. The van der Waals surface area contributed by atoms with Crippen molar-refractivity contribution in [2.75, 3.05) is 12.9 Å². The van der Waals surface area contributed by atoms with E-state index in [-0.39, 0.29) is 5.75 Å². The van der Waals surface area contributed by atoms with Crippen molar-refractivity contribution in [2.24, 2.45) is 5.41 Å². The van der Waals surface area contributed by atoms with Gasteiger partial charge in [0.1, 0.15) is 5.60 Å². The Kier molecular flexibility index (Phi) is 4.93. The molecule has 1 fully saturated rings. The highest BCUT2D eigenvalue weighted by Gasteiger charge is 2.43. The van der Waals surface area contributed by atoms with Crippen LogP contribution in [0.25, 0.3) is 0 Å². The molecule has 118 valence electrons. The minimum absolute atomic E-state index is 0.0291. The molecule has 0 amide bonds. The Hall–Kier alpha value is -1.08. The molecule has 0 spiro atoms. The Labute approximate surface area is 128 Å². The summed E-state index contributed by atoms with van der Waals surface area (Å²) in [5.41, 5.74) is -0.138. The third kappa shape index (κ3) is 3.97. The number of rotatable bonds is 6. The molecule has 0 atom stereocenters. The molecular weight excluding hydrogens is 292 g/mol. The molecule has 0 radical (unpaired) electrons. The predicted octanol–water partition coefficient (Wildman–Crippen LogP) is 2.83. The third-order valence-corrected chi connectivity index (χ3v) is 5.03. The molecule has 1 saturated carbocycles. The number of carboxylic acids is 1. The molecule has 1 N–H and O–H groups in total. The second-order valence-electron chi connectivity index (χ2n) is 6.26. The number of nitrogens with zero attached hydrogens (tertiary/aromatic N) is 2. The minimum Gasteiger partial charge on any atom is -0.481 e. The Morgan fingerprint density at radius 1 is 1.38 bits per heavy atom. The number of aliphatic carboxylic acids is 1. The second-order valence-corrected chi connectivity index (χ2v) is 7.25. The van der Waals surface area contributed by atoms with Gasteiger partial charge >= 0.3 is 5.97 Å². The predicted molar refractivity (Wildman–Crippen MR) is 79.0 cm³/mol. The summed E-state index contributed by atoms with van der Waals surface area (Å²) in [7, 11) is 1.69. The monoisotopic (exact) mass is 314 g/mol. The summed E-state index contributed by atoms with van der Waals surface area (Å²) in [6.45, 7) is 4.52. The van der Waals surface area contributed by atoms with Crippen molar-refractivity contribution >= 4 is 17.7 Å². The quantitative estimate of drug-likeness (QED) is 0.864. The number of methoxy groups -OCH3 is 1. The number of hydrogen-bond donors (Lipinski definition) is 1. The van der Waals surface area contributed by atoms with Crippen LogP contribution in [-0.4, -0.2) is 34.1 Å². The standard InChI is InChI=1S/C14H22N2O4S/c1-13(2)4-6-14(19-3,7-5-13)12-15-10(20-16-12)8-21-9-11(17)18/h4-9H2,1-3H3,(H,17,18). The normalized spacial score (nSPS) is 20.3. The van der Waals surface area contributed by atoms with Crippen LogP contribution in [0.1, 0.15) is 51.2 Å². The first kappa shape index (κ1) is 16.3. The Bertz CT molecular complexity index is 491. The zero-order valence-electron chi connectivity index (χ0n) is 12.7. The summed E-state index contributed by atoms with van der Waals surface area (Å²) in [5.74, 6) is 0.637. The van der Waals surface area contributed by atoms with Crippen LogP contribution < -0.4 is 0 Å². The van der Waals surface area contributed by atoms with Crippen LogP contribution in [0.15, 0.2) is 4.52 Å². The van der Waals surface area contributed by atoms with Gasteiger partial charge in [0.15, 0.2) is 0 Å². The Balaban J connectivity index is 2.03. The summed E-state index contributed by atoms with van der Waals surface area (Å²) in [6.07, 6.45) is 3.85. The first-order chi connectivity index (χ1) is 9.87. The van der Waals surface area contributed by atoms with E-state index in [9.17, 15) is 4.79 Å². The van der Waals surface area contributed by atoms with Crippen LogP contribution in [0.3, 0.4) is 0 Å². The van der Waals surface area contributed by atoms with Gasteiger partial charge in [-0.25, -0.2) is 0 Å². The smallest absolute Gasteiger partial charge is 0.313 e. The van der Waals surface area contributed by atoms with E-state index in [2.05, 4.69) is 24.0 Å². The second kappa shape index (κ2) is 6.36. The van der Waals surface area contributed by atoms with Gasteiger partial charge in [-0.3, -0.25) is 4.79 Å². The lowest BCUT2D eigenvalue weighted by Crippen LogP contribution is -2.37. The fourth-order valence-electron chi connectivity index (χ4n) is 2.57. The zero-order chi connectivity index (χ0) is 15.5. The van der Waals surface area contributed by atoms with Crippen molar-refractivity contribution in [2.45, 2.75) is 50.9 Å². The summed E-state index contributed by atoms with van der Waals surface area (Å²) in [4.78, 5) is 14.9. The van der Waals surface area contributed by atoms with Gasteiger partial charge in [0.25, 0.3) is 0 Å². The van der Waals surface area contributed by atoms with Crippen LogP contribution in [0, 0.1) is 5.41 Å². The highest BCUT2D eigenvalue weighted by atomic mass is 32.2. The summed E-state index contributed by atoms with van der Waals surface area (Å²) >= 11 is 1.24. The first-order valence-corrected chi connectivity index (χ1v) is 8.20. The fraction of sp³-hybridized carbons (Fsp3) is 0.786. The lowest BCUT2D eigenvalue weighted by Gasteiger charge is -2.40. The van der Waals surface area contributed by atoms with Crippen LogP contribution in [0.5, 0.6) is 0 Å². The van der Waals surface area contributed by atoms with E-state index in [4.69, 9.17) is 14.4 Å². The van der Waals surface area contributed by atoms with Crippen molar-refractivity contribution in [3.63, 3.8) is 0 Å². The number of thioether (sulfide) groups is 1. The maximum atomic E-state index is 10.5.